The number of para-hydroxylation sites is 1. The molecule has 34 heavy (non-hydrogen) atoms. The number of nitrogens with one attached hydrogen (secondary N) is 2. The molecule has 1 aliphatic heterocycles. The minimum absolute atomic E-state index is 0.135. The van der Waals surface area contributed by atoms with Gasteiger partial charge in [0.1, 0.15) is 6.04 Å². The van der Waals surface area contributed by atoms with Gasteiger partial charge < -0.3 is 15.5 Å². The van der Waals surface area contributed by atoms with E-state index in [4.69, 9.17) is 11.6 Å². The van der Waals surface area contributed by atoms with E-state index in [0.29, 0.717) is 17.1 Å². The molecule has 2 N–H and O–H groups in total. The molecule has 0 radical (unpaired) electrons. The number of benzene rings is 3. The van der Waals surface area contributed by atoms with Crippen LogP contribution in [0.1, 0.15) is 29.2 Å². The number of carbonyl (C=O) groups is 3. The summed E-state index contributed by atoms with van der Waals surface area (Å²) >= 11 is 5.88. The molecule has 4 rings (SSSR count). The molecule has 3 aromatic rings. The van der Waals surface area contributed by atoms with E-state index >= 15 is 0 Å². The summed E-state index contributed by atoms with van der Waals surface area (Å²) in [5.41, 5.74) is 3.49. The fourth-order valence-electron chi connectivity index (χ4n) is 4.09. The molecule has 3 amide bonds. The molecule has 0 saturated carbocycles. The molecule has 7 heteroatoms. The summed E-state index contributed by atoms with van der Waals surface area (Å²) < 4.78 is 0. The zero-order valence-electron chi connectivity index (χ0n) is 18.7. The first-order valence-corrected chi connectivity index (χ1v) is 11.6. The average molecular weight is 476 g/mol. The highest BCUT2D eigenvalue weighted by Crippen LogP contribution is 2.29. The maximum Gasteiger partial charge on any atom is 0.254 e. The van der Waals surface area contributed by atoms with Crippen molar-refractivity contribution in [3.8, 4) is 0 Å². The average Bonchev–Trinajstić information content (AvgIpc) is 2.87. The van der Waals surface area contributed by atoms with Crippen LogP contribution in [0.4, 0.5) is 5.69 Å². The summed E-state index contributed by atoms with van der Waals surface area (Å²) in [5, 5.41) is 6.05. The van der Waals surface area contributed by atoms with Crippen LogP contribution in [0.15, 0.2) is 78.9 Å². The predicted octanol–water partition coefficient (Wildman–Crippen LogP) is 3.84. The van der Waals surface area contributed by atoms with Crippen LogP contribution in [-0.2, 0) is 27.2 Å². The molecular weight excluding hydrogens is 450 g/mol. The first-order chi connectivity index (χ1) is 16.5. The number of rotatable bonds is 7. The number of hydrogen-bond donors (Lipinski definition) is 2. The van der Waals surface area contributed by atoms with Crippen molar-refractivity contribution >= 4 is 35.0 Å². The van der Waals surface area contributed by atoms with Crippen LogP contribution in [-0.4, -0.2) is 30.8 Å². The molecule has 0 bridgehead atoms. The molecule has 3 aromatic carbocycles. The van der Waals surface area contributed by atoms with E-state index in [1.165, 1.54) is 0 Å². The highest BCUT2D eigenvalue weighted by atomic mass is 35.5. The van der Waals surface area contributed by atoms with Crippen LogP contribution in [0, 0.1) is 0 Å². The summed E-state index contributed by atoms with van der Waals surface area (Å²) in [5.74, 6) is -0.916. The molecule has 0 spiro atoms. The standard InChI is InChI=1S/C27H26ClN3O3/c28-22-14-12-19(13-15-22)17-24(32)29-18-25(33)30-26(21-8-2-1-3-9-21)27(34)31-16-6-10-20-7-4-5-11-23(20)31/h1-5,7-9,11-15,26H,6,10,16-18H2,(H,29,32)(H,30,33)/t26-/m0/s1. The third-order valence-electron chi connectivity index (χ3n) is 5.79. The number of halogens is 1. The quantitative estimate of drug-likeness (QED) is 0.545. The van der Waals surface area contributed by atoms with Gasteiger partial charge >= 0.3 is 0 Å². The van der Waals surface area contributed by atoms with E-state index in [2.05, 4.69) is 10.6 Å². The van der Waals surface area contributed by atoms with Crippen molar-refractivity contribution in [3.63, 3.8) is 0 Å². The Labute approximate surface area is 203 Å². The lowest BCUT2D eigenvalue weighted by atomic mass is 9.99. The van der Waals surface area contributed by atoms with E-state index in [1.54, 1.807) is 29.2 Å². The summed E-state index contributed by atoms with van der Waals surface area (Å²) in [6.45, 7) is 0.368. The van der Waals surface area contributed by atoms with E-state index in [0.717, 1.165) is 29.7 Å². The highest BCUT2D eigenvalue weighted by Gasteiger charge is 2.30. The fourth-order valence-corrected chi connectivity index (χ4v) is 4.22. The molecule has 1 atom stereocenters. The Morgan fingerprint density at radius 3 is 2.35 bits per heavy atom. The van der Waals surface area contributed by atoms with Crippen molar-refractivity contribution in [2.45, 2.75) is 25.3 Å². The van der Waals surface area contributed by atoms with E-state index in [9.17, 15) is 14.4 Å². The minimum atomic E-state index is -0.854. The smallest absolute Gasteiger partial charge is 0.254 e. The first-order valence-electron chi connectivity index (χ1n) is 11.3. The predicted molar refractivity (Wildman–Crippen MR) is 133 cm³/mol. The molecule has 0 saturated heterocycles. The lowest BCUT2D eigenvalue weighted by molar-refractivity contribution is -0.128. The van der Waals surface area contributed by atoms with Gasteiger partial charge in [0.25, 0.3) is 5.91 Å². The molecule has 1 aliphatic rings. The summed E-state index contributed by atoms with van der Waals surface area (Å²) in [6, 6.07) is 23.1. The summed E-state index contributed by atoms with van der Waals surface area (Å²) in [4.78, 5) is 40.4. The minimum Gasteiger partial charge on any atom is -0.347 e. The monoisotopic (exact) mass is 475 g/mol. The zero-order chi connectivity index (χ0) is 23.9. The van der Waals surface area contributed by atoms with Gasteiger partial charge in [0, 0.05) is 17.3 Å². The number of hydrogen-bond acceptors (Lipinski definition) is 3. The van der Waals surface area contributed by atoms with Gasteiger partial charge in [-0.25, -0.2) is 0 Å². The molecular formula is C27H26ClN3O3. The van der Waals surface area contributed by atoms with E-state index < -0.39 is 11.9 Å². The van der Waals surface area contributed by atoms with Gasteiger partial charge in [-0.05, 0) is 47.7 Å². The lowest BCUT2D eigenvalue weighted by Gasteiger charge is -2.32. The van der Waals surface area contributed by atoms with E-state index in [-0.39, 0.29) is 24.8 Å². The van der Waals surface area contributed by atoms with Gasteiger partial charge in [-0.3, -0.25) is 14.4 Å². The van der Waals surface area contributed by atoms with Crippen LogP contribution in [0.25, 0.3) is 0 Å². The Bertz CT molecular complexity index is 1170. The maximum absolute atomic E-state index is 13.6. The van der Waals surface area contributed by atoms with Crippen LogP contribution >= 0.6 is 11.6 Å². The van der Waals surface area contributed by atoms with Crippen molar-refractivity contribution in [2.75, 3.05) is 18.0 Å². The third kappa shape index (κ3) is 5.83. The molecule has 0 aromatic heterocycles. The second-order valence-corrected chi connectivity index (χ2v) is 8.65. The third-order valence-corrected chi connectivity index (χ3v) is 6.04. The van der Waals surface area contributed by atoms with Crippen molar-refractivity contribution in [1.29, 1.82) is 0 Å². The molecule has 0 fully saturated rings. The van der Waals surface area contributed by atoms with Gasteiger partial charge in [-0.1, -0.05) is 72.3 Å². The number of fused-ring (bicyclic) bond motifs is 1. The Morgan fingerprint density at radius 1 is 0.882 bits per heavy atom. The van der Waals surface area contributed by atoms with Gasteiger partial charge in [0.15, 0.2) is 0 Å². The summed E-state index contributed by atoms with van der Waals surface area (Å²) in [7, 11) is 0. The van der Waals surface area contributed by atoms with Gasteiger partial charge in [-0.15, -0.1) is 0 Å². The zero-order valence-corrected chi connectivity index (χ0v) is 19.4. The molecule has 1 heterocycles. The van der Waals surface area contributed by atoms with Crippen LogP contribution in [0.3, 0.4) is 0 Å². The van der Waals surface area contributed by atoms with Crippen LogP contribution in [0.2, 0.25) is 5.02 Å². The second-order valence-electron chi connectivity index (χ2n) is 8.21. The number of carbonyl (C=O) groups excluding carboxylic acids is 3. The molecule has 0 aliphatic carbocycles. The molecule has 174 valence electrons. The molecule has 6 nitrogen and oxygen atoms in total. The van der Waals surface area contributed by atoms with Gasteiger partial charge in [0.05, 0.1) is 13.0 Å². The topological polar surface area (TPSA) is 78.5 Å². The second kappa shape index (κ2) is 11.0. The molecule has 0 unspecified atom stereocenters. The summed E-state index contributed by atoms with van der Waals surface area (Å²) in [6.07, 6.45) is 1.91. The Hall–Kier alpha value is -3.64. The Balaban J connectivity index is 1.43. The number of aryl methyl sites for hydroxylation is 1. The highest BCUT2D eigenvalue weighted by molar-refractivity contribution is 6.30. The van der Waals surface area contributed by atoms with Gasteiger partial charge in [-0.2, -0.15) is 0 Å². The van der Waals surface area contributed by atoms with Gasteiger partial charge in [0.2, 0.25) is 11.8 Å². The van der Waals surface area contributed by atoms with Crippen molar-refractivity contribution < 1.29 is 14.4 Å². The SMILES string of the molecule is O=C(Cc1ccc(Cl)cc1)NCC(=O)N[C@H](C(=O)N1CCCc2ccccc21)c1ccccc1. The fraction of sp³-hybridized carbons (Fsp3) is 0.222. The number of nitrogens with zero attached hydrogens (tertiary/aromatic N) is 1. The Morgan fingerprint density at radius 2 is 1.59 bits per heavy atom. The van der Waals surface area contributed by atoms with Crippen molar-refractivity contribution in [1.82, 2.24) is 10.6 Å². The Kier molecular flexibility index (Phi) is 7.60. The maximum atomic E-state index is 13.6. The lowest BCUT2D eigenvalue weighted by Crippen LogP contribution is -2.47. The van der Waals surface area contributed by atoms with Crippen molar-refractivity contribution in [3.05, 3.63) is 101 Å². The number of anilines is 1. The first kappa shape index (κ1) is 23.5. The van der Waals surface area contributed by atoms with Crippen LogP contribution in [0.5, 0.6) is 0 Å². The van der Waals surface area contributed by atoms with E-state index in [1.807, 2.05) is 54.6 Å². The van der Waals surface area contributed by atoms with Crippen LogP contribution < -0.4 is 15.5 Å². The number of amides is 3. The normalized spacial score (nSPS) is 13.5. The largest absolute Gasteiger partial charge is 0.347 e. The van der Waals surface area contributed by atoms with Crippen molar-refractivity contribution in [2.24, 2.45) is 0 Å².